The molecule has 2 aromatic carbocycles. The van der Waals surface area contributed by atoms with Gasteiger partial charge < -0.3 is 10.1 Å². The highest BCUT2D eigenvalue weighted by Gasteiger charge is 2.05. The quantitative estimate of drug-likeness (QED) is 0.926. The van der Waals surface area contributed by atoms with Gasteiger partial charge in [0.15, 0.2) is 0 Å². The second-order valence-electron chi connectivity index (χ2n) is 4.13. The van der Waals surface area contributed by atoms with Crippen LogP contribution in [0.2, 0.25) is 5.02 Å². The van der Waals surface area contributed by atoms with Gasteiger partial charge in [-0.25, -0.2) is 4.39 Å². The van der Waals surface area contributed by atoms with Crippen molar-refractivity contribution in [3.8, 4) is 11.8 Å². The fraction of sp³-hybridized carbons (Fsp3) is 0.133. The normalized spacial score (nSPS) is 9.90. The van der Waals surface area contributed by atoms with Crippen molar-refractivity contribution in [2.75, 3.05) is 12.4 Å². The largest absolute Gasteiger partial charge is 0.495 e. The number of halogens is 2. The molecule has 102 valence electrons. The number of methoxy groups -OCH3 is 1. The Kier molecular flexibility index (Phi) is 4.44. The minimum Gasteiger partial charge on any atom is -0.495 e. The first-order valence-electron chi connectivity index (χ1n) is 5.90. The zero-order chi connectivity index (χ0) is 14.5. The zero-order valence-corrected chi connectivity index (χ0v) is 11.5. The van der Waals surface area contributed by atoms with Crippen molar-refractivity contribution in [1.29, 1.82) is 5.26 Å². The third-order valence-corrected chi connectivity index (χ3v) is 3.09. The third kappa shape index (κ3) is 3.19. The van der Waals surface area contributed by atoms with Gasteiger partial charge in [0.05, 0.1) is 29.5 Å². The fourth-order valence-corrected chi connectivity index (χ4v) is 2.03. The van der Waals surface area contributed by atoms with Crippen LogP contribution in [-0.2, 0) is 6.54 Å². The molecule has 2 aromatic rings. The van der Waals surface area contributed by atoms with Crippen LogP contribution in [0.4, 0.5) is 10.1 Å². The van der Waals surface area contributed by atoms with Gasteiger partial charge in [-0.05, 0) is 35.9 Å². The number of nitrogens with one attached hydrogen (secondary N) is 1. The molecule has 0 aliphatic heterocycles. The van der Waals surface area contributed by atoms with Crippen LogP contribution in [-0.4, -0.2) is 7.11 Å². The molecular weight excluding hydrogens is 279 g/mol. The van der Waals surface area contributed by atoms with Crippen molar-refractivity contribution in [2.45, 2.75) is 6.54 Å². The van der Waals surface area contributed by atoms with E-state index in [-0.39, 0.29) is 0 Å². The number of nitrogens with zero attached hydrogens (tertiary/aromatic N) is 1. The molecule has 0 aliphatic rings. The van der Waals surface area contributed by atoms with Crippen LogP contribution >= 0.6 is 11.6 Å². The minimum atomic E-state index is -0.455. The molecule has 0 saturated carbocycles. The van der Waals surface area contributed by atoms with Crippen LogP contribution in [0.25, 0.3) is 0 Å². The molecule has 0 amide bonds. The third-order valence-electron chi connectivity index (χ3n) is 2.80. The predicted octanol–water partition coefficient (Wildman–Crippen LogP) is 3.97. The van der Waals surface area contributed by atoms with Crippen molar-refractivity contribution in [3.63, 3.8) is 0 Å². The fourth-order valence-electron chi connectivity index (χ4n) is 1.75. The molecule has 0 bridgehead atoms. The standard InChI is InChI=1S/C15H12ClFN2O/c1-20-15-5-3-11(6-12(15)16)9-19-14-4-2-10(8-18)7-13(14)17/h2-7,19H,9H2,1H3. The van der Waals surface area contributed by atoms with Crippen LogP contribution in [0.15, 0.2) is 36.4 Å². The Balaban J connectivity index is 2.09. The maximum Gasteiger partial charge on any atom is 0.147 e. The molecule has 0 unspecified atom stereocenters. The van der Waals surface area contributed by atoms with Crippen LogP contribution in [0.3, 0.4) is 0 Å². The lowest BCUT2D eigenvalue weighted by molar-refractivity contribution is 0.415. The summed E-state index contributed by atoms with van der Waals surface area (Å²) in [7, 11) is 1.55. The van der Waals surface area contributed by atoms with Crippen LogP contribution in [0.1, 0.15) is 11.1 Å². The highest BCUT2D eigenvalue weighted by molar-refractivity contribution is 6.32. The highest BCUT2D eigenvalue weighted by Crippen LogP contribution is 2.25. The molecule has 0 aliphatic carbocycles. The van der Waals surface area contributed by atoms with E-state index < -0.39 is 5.82 Å². The van der Waals surface area contributed by atoms with E-state index in [9.17, 15) is 4.39 Å². The Hall–Kier alpha value is -2.25. The zero-order valence-electron chi connectivity index (χ0n) is 10.8. The van der Waals surface area contributed by atoms with Gasteiger partial charge in [-0.15, -0.1) is 0 Å². The Morgan fingerprint density at radius 3 is 2.70 bits per heavy atom. The molecule has 0 radical (unpaired) electrons. The van der Waals surface area contributed by atoms with E-state index in [1.807, 2.05) is 12.1 Å². The molecule has 2 rings (SSSR count). The van der Waals surface area contributed by atoms with Gasteiger partial charge in [-0.2, -0.15) is 5.26 Å². The van der Waals surface area contributed by atoms with Gasteiger partial charge >= 0.3 is 0 Å². The Morgan fingerprint density at radius 2 is 2.10 bits per heavy atom. The van der Waals surface area contributed by atoms with Gasteiger partial charge in [0.25, 0.3) is 0 Å². The number of hydrogen-bond acceptors (Lipinski definition) is 3. The molecule has 0 aromatic heterocycles. The van der Waals surface area contributed by atoms with E-state index in [2.05, 4.69) is 5.32 Å². The molecule has 1 N–H and O–H groups in total. The first-order valence-corrected chi connectivity index (χ1v) is 6.28. The molecular formula is C15H12ClFN2O. The van der Waals surface area contributed by atoms with Crippen molar-refractivity contribution >= 4 is 17.3 Å². The SMILES string of the molecule is COc1ccc(CNc2ccc(C#N)cc2F)cc1Cl. The molecule has 20 heavy (non-hydrogen) atoms. The number of rotatable bonds is 4. The number of hydrogen-bond donors (Lipinski definition) is 1. The first kappa shape index (κ1) is 14.2. The number of anilines is 1. The molecule has 0 heterocycles. The van der Waals surface area contributed by atoms with E-state index in [1.165, 1.54) is 6.07 Å². The summed E-state index contributed by atoms with van der Waals surface area (Å²) in [6.45, 7) is 0.423. The van der Waals surface area contributed by atoms with Crippen LogP contribution < -0.4 is 10.1 Å². The predicted molar refractivity (Wildman–Crippen MR) is 76.4 cm³/mol. The summed E-state index contributed by atoms with van der Waals surface area (Å²) >= 11 is 6.02. The van der Waals surface area contributed by atoms with Gasteiger partial charge in [0.2, 0.25) is 0 Å². The smallest absolute Gasteiger partial charge is 0.147 e. The van der Waals surface area contributed by atoms with Gasteiger partial charge in [-0.3, -0.25) is 0 Å². The molecule has 5 heteroatoms. The summed E-state index contributed by atoms with van der Waals surface area (Å²) in [6, 6.07) is 11.6. The van der Waals surface area contributed by atoms with E-state index in [1.54, 1.807) is 31.4 Å². The molecule has 0 saturated heterocycles. The summed E-state index contributed by atoms with van der Waals surface area (Å²) in [5.74, 6) is 0.142. The summed E-state index contributed by atoms with van der Waals surface area (Å²) in [6.07, 6.45) is 0. The monoisotopic (exact) mass is 290 g/mol. The minimum absolute atomic E-state index is 0.292. The summed E-state index contributed by atoms with van der Waals surface area (Å²) in [5, 5.41) is 12.1. The maximum absolute atomic E-state index is 13.7. The molecule has 0 fully saturated rings. The van der Waals surface area contributed by atoms with Crippen molar-refractivity contribution in [3.05, 3.63) is 58.4 Å². The second-order valence-corrected chi connectivity index (χ2v) is 4.54. The second kappa shape index (κ2) is 6.27. The summed E-state index contributed by atoms with van der Waals surface area (Å²) in [4.78, 5) is 0. The number of nitriles is 1. The lowest BCUT2D eigenvalue weighted by atomic mass is 10.2. The van der Waals surface area contributed by atoms with E-state index in [0.717, 1.165) is 5.56 Å². The molecule has 0 spiro atoms. The van der Waals surface area contributed by atoms with E-state index in [0.29, 0.717) is 28.6 Å². The van der Waals surface area contributed by atoms with Gasteiger partial charge in [0, 0.05) is 6.54 Å². The average Bonchev–Trinajstić information content (AvgIpc) is 2.46. The molecule has 3 nitrogen and oxygen atoms in total. The van der Waals surface area contributed by atoms with Crippen molar-refractivity contribution in [1.82, 2.24) is 0 Å². The maximum atomic E-state index is 13.7. The first-order chi connectivity index (χ1) is 9.63. The highest BCUT2D eigenvalue weighted by atomic mass is 35.5. The Bertz CT molecular complexity index is 667. The lowest BCUT2D eigenvalue weighted by Gasteiger charge is -2.09. The Morgan fingerprint density at radius 1 is 1.30 bits per heavy atom. The van der Waals surface area contributed by atoms with E-state index in [4.69, 9.17) is 21.6 Å². The molecule has 0 atom stereocenters. The van der Waals surface area contributed by atoms with Crippen LogP contribution in [0, 0.1) is 17.1 Å². The van der Waals surface area contributed by atoms with Gasteiger partial charge in [-0.1, -0.05) is 17.7 Å². The van der Waals surface area contributed by atoms with E-state index >= 15 is 0 Å². The van der Waals surface area contributed by atoms with Crippen molar-refractivity contribution < 1.29 is 9.13 Å². The topological polar surface area (TPSA) is 45.0 Å². The van der Waals surface area contributed by atoms with Crippen LogP contribution in [0.5, 0.6) is 5.75 Å². The average molecular weight is 291 g/mol. The Labute approximate surface area is 121 Å². The van der Waals surface area contributed by atoms with Gasteiger partial charge in [0.1, 0.15) is 11.6 Å². The summed E-state index contributed by atoms with van der Waals surface area (Å²) < 4.78 is 18.7. The number of benzene rings is 2. The number of ether oxygens (including phenoxy) is 1. The summed E-state index contributed by atoms with van der Waals surface area (Å²) in [5.41, 5.74) is 1.54. The van der Waals surface area contributed by atoms with Crippen molar-refractivity contribution in [2.24, 2.45) is 0 Å². The lowest BCUT2D eigenvalue weighted by Crippen LogP contribution is -2.02.